The molecule has 5 heteroatoms. The summed E-state index contributed by atoms with van der Waals surface area (Å²) in [6.07, 6.45) is 0. The average Bonchev–Trinajstić information content (AvgIpc) is 2.39. The number of anilines is 3. The summed E-state index contributed by atoms with van der Waals surface area (Å²) in [5.74, 6) is 0.834. The largest absolute Gasteiger partial charge is 0.495 e. The van der Waals surface area contributed by atoms with Gasteiger partial charge in [0.15, 0.2) is 0 Å². The Labute approximate surface area is 109 Å². The number of benzene rings is 1. The van der Waals surface area contributed by atoms with E-state index < -0.39 is 0 Å². The third-order valence-corrected chi connectivity index (χ3v) is 3.46. The highest BCUT2D eigenvalue weighted by molar-refractivity contribution is 5.77. The van der Waals surface area contributed by atoms with E-state index in [1.807, 2.05) is 19.2 Å². The molecule has 1 heterocycles. The zero-order valence-electron chi connectivity index (χ0n) is 11.4. The Morgan fingerprint density at radius 3 is 2.44 bits per heavy atom. The summed E-state index contributed by atoms with van der Waals surface area (Å²) in [6, 6.07) is 3.96. The van der Waals surface area contributed by atoms with E-state index in [1.54, 1.807) is 7.11 Å². The van der Waals surface area contributed by atoms with E-state index >= 15 is 0 Å². The van der Waals surface area contributed by atoms with Crippen molar-refractivity contribution in [2.24, 2.45) is 0 Å². The van der Waals surface area contributed by atoms with Gasteiger partial charge < -0.3 is 25.6 Å². The van der Waals surface area contributed by atoms with E-state index in [1.165, 1.54) is 0 Å². The van der Waals surface area contributed by atoms with Crippen LogP contribution in [0.1, 0.15) is 0 Å². The first-order chi connectivity index (χ1) is 8.65. The molecule has 5 nitrogen and oxygen atoms in total. The Bertz CT molecular complexity index is 414. The highest BCUT2D eigenvalue weighted by atomic mass is 16.5. The lowest BCUT2D eigenvalue weighted by Crippen LogP contribution is -2.44. The molecule has 1 aliphatic rings. The number of nitrogens with zero attached hydrogens (tertiary/aromatic N) is 2. The molecule has 0 amide bonds. The van der Waals surface area contributed by atoms with Crippen LogP contribution in [0.5, 0.6) is 5.75 Å². The quantitative estimate of drug-likeness (QED) is 0.786. The van der Waals surface area contributed by atoms with Crippen LogP contribution in [0.3, 0.4) is 0 Å². The van der Waals surface area contributed by atoms with Crippen molar-refractivity contribution >= 4 is 17.1 Å². The van der Waals surface area contributed by atoms with Gasteiger partial charge in [-0.2, -0.15) is 0 Å². The van der Waals surface area contributed by atoms with E-state index in [0.717, 1.165) is 49.0 Å². The lowest BCUT2D eigenvalue weighted by molar-refractivity contribution is 0.313. The van der Waals surface area contributed by atoms with Crippen LogP contribution in [0.2, 0.25) is 0 Å². The summed E-state index contributed by atoms with van der Waals surface area (Å²) >= 11 is 0. The maximum absolute atomic E-state index is 6.14. The second-order valence-electron chi connectivity index (χ2n) is 4.65. The Morgan fingerprint density at radius 2 is 1.89 bits per heavy atom. The van der Waals surface area contributed by atoms with Gasteiger partial charge in [-0.15, -0.1) is 0 Å². The van der Waals surface area contributed by atoms with Gasteiger partial charge in [0.1, 0.15) is 5.75 Å². The third-order valence-electron chi connectivity index (χ3n) is 3.46. The van der Waals surface area contributed by atoms with E-state index in [4.69, 9.17) is 10.5 Å². The number of rotatable bonds is 3. The molecule has 100 valence electrons. The van der Waals surface area contributed by atoms with Crippen molar-refractivity contribution in [3.8, 4) is 5.75 Å². The number of piperazine rings is 1. The van der Waals surface area contributed by atoms with Gasteiger partial charge in [0.2, 0.25) is 0 Å². The van der Waals surface area contributed by atoms with E-state index in [-0.39, 0.29) is 0 Å². The molecule has 1 fully saturated rings. The van der Waals surface area contributed by atoms with Crippen LogP contribution in [0.25, 0.3) is 0 Å². The number of methoxy groups -OCH3 is 1. The molecule has 0 aliphatic carbocycles. The van der Waals surface area contributed by atoms with Crippen molar-refractivity contribution in [3.05, 3.63) is 12.1 Å². The normalized spacial score (nSPS) is 16.7. The number of nitrogens with two attached hydrogens (primary N) is 1. The Hall–Kier alpha value is -1.62. The topological polar surface area (TPSA) is 53.8 Å². The molecule has 18 heavy (non-hydrogen) atoms. The van der Waals surface area contributed by atoms with Crippen LogP contribution in [-0.2, 0) is 0 Å². The van der Waals surface area contributed by atoms with Gasteiger partial charge in [-0.3, -0.25) is 0 Å². The fraction of sp³-hybridized carbons (Fsp3) is 0.538. The minimum Gasteiger partial charge on any atom is -0.495 e. The molecule has 1 aromatic carbocycles. The van der Waals surface area contributed by atoms with E-state index in [0.29, 0.717) is 0 Å². The summed E-state index contributed by atoms with van der Waals surface area (Å²) in [4.78, 5) is 4.64. The van der Waals surface area contributed by atoms with Gasteiger partial charge in [-0.05, 0) is 13.1 Å². The lowest BCUT2D eigenvalue weighted by Gasteiger charge is -2.35. The van der Waals surface area contributed by atoms with Crippen molar-refractivity contribution in [2.45, 2.75) is 0 Å². The fourth-order valence-corrected chi connectivity index (χ4v) is 2.27. The van der Waals surface area contributed by atoms with Gasteiger partial charge in [0, 0.05) is 39.3 Å². The fourth-order valence-electron chi connectivity index (χ4n) is 2.27. The van der Waals surface area contributed by atoms with Gasteiger partial charge in [0.25, 0.3) is 0 Å². The summed E-state index contributed by atoms with van der Waals surface area (Å²) < 4.78 is 5.39. The number of hydrogen-bond donors (Lipinski definition) is 2. The molecule has 1 aromatic rings. The molecule has 0 spiro atoms. The third kappa shape index (κ3) is 2.46. The highest BCUT2D eigenvalue weighted by Crippen LogP contribution is 2.35. The van der Waals surface area contributed by atoms with Gasteiger partial charge >= 0.3 is 0 Å². The van der Waals surface area contributed by atoms with Crippen molar-refractivity contribution in [1.82, 2.24) is 4.90 Å². The van der Waals surface area contributed by atoms with Gasteiger partial charge in [0.05, 0.1) is 24.2 Å². The van der Waals surface area contributed by atoms with Crippen LogP contribution in [0, 0.1) is 0 Å². The van der Waals surface area contributed by atoms with Crippen LogP contribution in [-0.4, -0.2) is 52.3 Å². The lowest BCUT2D eigenvalue weighted by atomic mass is 10.2. The Morgan fingerprint density at radius 1 is 1.22 bits per heavy atom. The number of likely N-dealkylation sites (N-methyl/N-ethyl adjacent to an activating group) is 1. The average molecular weight is 250 g/mol. The predicted molar refractivity (Wildman–Crippen MR) is 76.7 cm³/mol. The van der Waals surface area contributed by atoms with Crippen molar-refractivity contribution in [1.29, 1.82) is 0 Å². The second kappa shape index (κ2) is 5.35. The smallest absolute Gasteiger partial charge is 0.144 e. The maximum atomic E-state index is 6.14. The van der Waals surface area contributed by atoms with E-state index in [9.17, 15) is 0 Å². The molecule has 0 radical (unpaired) electrons. The second-order valence-corrected chi connectivity index (χ2v) is 4.65. The minimum atomic E-state index is 0.796. The first-order valence-electron chi connectivity index (χ1n) is 6.24. The summed E-state index contributed by atoms with van der Waals surface area (Å²) in [7, 11) is 5.69. The number of ether oxygens (including phenoxy) is 1. The number of hydrogen-bond acceptors (Lipinski definition) is 5. The molecule has 0 aromatic heterocycles. The monoisotopic (exact) mass is 250 g/mol. The molecule has 0 bridgehead atoms. The molecule has 1 aliphatic heterocycles. The number of nitrogen functional groups attached to an aromatic ring is 1. The zero-order chi connectivity index (χ0) is 13.1. The number of nitrogens with one attached hydrogen (secondary N) is 1. The van der Waals surface area contributed by atoms with E-state index in [2.05, 4.69) is 22.2 Å². The van der Waals surface area contributed by atoms with Crippen molar-refractivity contribution < 1.29 is 4.74 Å². The maximum Gasteiger partial charge on any atom is 0.144 e. The van der Waals surface area contributed by atoms with Crippen LogP contribution < -0.4 is 20.7 Å². The molecular weight excluding hydrogens is 228 g/mol. The zero-order valence-corrected chi connectivity index (χ0v) is 11.4. The summed E-state index contributed by atoms with van der Waals surface area (Å²) in [5, 5.41) is 3.09. The Balaban J connectivity index is 2.27. The molecule has 1 saturated heterocycles. The molecule has 3 N–H and O–H groups in total. The minimum absolute atomic E-state index is 0.796. The van der Waals surface area contributed by atoms with Crippen LogP contribution in [0.4, 0.5) is 17.1 Å². The molecule has 0 saturated carbocycles. The standard InChI is InChI=1S/C13H22N4O/c1-15-11-8-10(14)12(9-13(11)18-3)17-6-4-16(2)5-7-17/h8-9,15H,4-7,14H2,1-3H3. The highest BCUT2D eigenvalue weighted by Gasteiger charge is 2.18. The summed E-state index contributed by atoms with van der Waals surface area (Å²) in [5.41, 5.74) is 8.92. The first kappa shape index (κ1) is 12.8. The van der Waals surface area contributed by atoms with Crippen molar-refractivity contribution in [2.75, 3.05) is 63.3 Å². The molecular formula is C13H22N4O. The van der Waals surface area contributed by atoms with Crippen LogP contribution >= 0.6 is 0 Å². The Kier molecular flexibility index (Phi) is 3.81. The summed E-state index contributed by atoms with van der Waals surface area (Å²) in [6.45, 7) is 4.14. The van der Waals surface area contributed by atoms with Gasteiger partial charge in [-0.25, -0.2) is 0 Å². The SMILES string of the molecule is CNc1cc(N)c(N2CCN(C)CC2)cc1OC. The van der Waals surface area contributed by atoms with Crippen LogP contribution in [0.15, 0.2) is 12.1 Å². The first-order valence-corrected chi connectivity index (χ1v) is 6.24. The molecule has 0 unspecified atom stereocenters. The van der Waals surface area contributed by atoms with Crippen molar-refractivity contribution in [3.63, 3.8) is 0 Å². The molecule has 2 rings (SSSR count). The van der Waals surface area contributed by atoms with Gasteiger partial charge in [-0.1, -0.05) is 0 Å². The molecule has 0 atom stereocenters. The predicted octanol–water partition coefficient (Wildman–Crippen LogP) is 1.07.